The van der Waals surface area contributed by atoms with E-state index >= 15 is 0 Å². The standard InChI is InChI=1S/C14H18F3N3O3S/c15-14(16,17)10-8-24-12(19-10)9-3-6-20(7-4-9)13(23)18-5-1-2-11(21)22/h8-9H,1-7H2,(H,18,23)(H,21,22). The van der Waals surface area contributed by atoms with Crippen LogP contribution in [0.3, 0.4) is 0 Å². The SMILES string of the molecule is O=C(O)CCCNC(=O)N1CCC(c2nc(C(F)(F)F)cs2)CC1. The summed E-state index contributed by atoms with van der Waals surface area (Å²) in [6.07, 6.45) is -2.95. The van der Waals surface area contributed by atoms with Gasteiger partial charge in [-0.1, -0.05) is 0 Å². The zero-order chi connectivity index (χ0) is 17.7. The number of aliphatic carboxylic acids is 1. The van der Waals surface area contributed by atoms with Gasteiger partial charge in [0.25, 0.3) is 0 Å². The summed E-state index contributed by atoms with van der Waals surface area (Å²) in [7, 11) is 0. The number of aromatic nitrogens is 1. The third kappa shape index (κ3) is 5.08. The van der Waals surface area contributed by atoms with Crippen molar-refractivity contribution in [2.24, 2.45) is 0 Å². The highest BCUT2D eigenvalue weighted by molar-refractivity contribution is 7.09. The van der Waals surface area contributed by atoms with Gasteiger partial charge in [-0.15, -0.1) is 11.3 Å². The number of likely N-dealkylation sites (tertiary alicyclic amines) is 1. The number of amides is 2. The van der Waals surface area contributed by atoms with Gasteiger partial charge >= 0.3 is 18.2 Å². The van der Waals surface area contributed by atoms with E-state index in [1.807, 2.05) is 0 Å². The van der Waals surface area contributed by atoms with Gasteiger partial charge in [0.2, 0.25) is 0 Å². The van der Waals surface area contributed by atoms with Crippen LogP contribution in [-0.2, 0) is 11.0 Å². The number of carboxylic acid groups (broad SMARTS) is 1. The third-order valence-corrected chi connectivity index (χ3v) is 4.79. The number of alkyl halides is 3. The quantitative estimate of drug-likeness (QED) is 0.786. The molecule has 2 N–H and O–H groups in total. The van der Waals surface area contributed by atoms with Crippen LogP contribution in [0, 0.1) is 0 Å². The number of rotatable bonds is 5. The highest BCUT2D eigenvalue weighted by Gasteiger charge is 2.35. The average Bonchev–Trinajstić information content (AvgIpc) is 3.01. The van der Waals surface area contributed by atoms with Crippen molar-refractivity contribution in [3.8, 4) is 0 Å². The molecule has 0 spiro atoms. The summed E-state index contributed by atoms with van der Waals surface area (Å²) in [6.45, 7) is 1.17. The molecule has 0 unspecified atom stereocenters. The molecule has 0 aliphatic carbocycles. The number of piperidine rings is 1. The topological polar surface area (TPSA) is 82.5 Å². The minimum atomic E-state index is -4.43. The average molecular weight is 365 g/mol. The molecular formula is C14H18F3N3O3S. The highest BCUT2D eigenvalue weighted by atomic mass is 32.1. The largest absolute Gasteiger partial charge is 0.481 e. The normalized spacial score (nSPS) is 16.2. The van der Waals surface area contributed by atoms with E-state index in [1.165, 1.54) is 0 Å². The first-order valence-electron chi connectivity index (χ1n) is 7.54. The van der Waals surface area contributed by atoms with Crippen LogP contribution >= 0.6 is 11.3 Å². The Morgan fingerprint density at radius 1 is 1.38 bits per heavy atom. The maximum Gasteiger partial charge on any atom is 0.434 e. The zero-order valence-electron chi connectivity index (χ0n) is 12.8. The molecule has 1 aromatic rings. The van der Waals surface area contributed by atoms with Gasteiger partial charge in [0, 0.05) is 37.4 Å². The molecule has 10 heteroatoms. The van der Waals surface area contributed by atoms with Crippen LogP contribution in [0.2, 0.25) is 0 Å². The minimum absolute atomic E-state index is 0.00601. The lowest BCUT2D eigenvalue weighted by molar-refractivity contribution is -0.141. The Morgan fingerprint density at radius 3 is 2.58 bits per heavy atom. The first-order valence-corrected chi connectivity index (χ1v) is 8.42. The van der Waals surface area contributed by atoms with Crippen molar-refractivity contribution < 1.29 is 27.9 Å². The van der Waals surface area contributed by atoms with E-state index in [2.05, 4.69) is 10.3 Å². The number of thiazole rings is 1. The smallest absolute Gasteiger partial charge is 0.434 e. The van der Waals surface area contributed by atoms with Crippen molar-refractivity contribution in [2.75, 3.05) is 19.6 Å². The Morgan fingerprint density at radius 2 is 2.04 bits per heavy atom. The lowest BCUT2D eigenvalue weighted by atomic mass is 9.98. The third-order valence-electron chi connectivity index (χ3n) is 3.79. The Labute approximate surface area is 140 Å². The lowest BCUT2D eigenvalue weighted by Crippen LogP contribution is -2.44. The highest BCUT2D eigenvalue weighted by Crippen LogP contribution is 2.35. The number of carbonyl (C=O) groups excluding carboxylic acids is 1. The van der Waals surface area contributed by atoms with Crippen molar-refractivity contribution in [2.45, 2.75) is 37.8 Å². The molecule has 1 aliphatic rings. The summed E-state index contributed by atoms with van der Waals surface area (Å²) in [5.74, 6) is -0.978. The maximum absolute atomic E-state index is 12.6. The predicted molar refractivity (Wildman–Crippen MR) is 80.9 cm³/mol. The summed E-state index contributed by atoms with van der Waals surface area (Å²) in [6, 6.07) is -0.269. The lowest BCUT2D eigenvalue weighted by Gasteiger charge is -2.31. The number of nitrogens with zero attached hydrogens (tertiary/aromatic N) is 2. The van der Waals surface area contributed by atoms with E-state index in [9.17, 15) is 22.8 Å². The number of halogens is 3. The van der Waals surface area contributed by atoms with Crippen LogP contribution in [0.25, 0.3) is 0 Å². The first-order chi connectivity index (χ1) is 11.3. The molecule has 2 heterocycles. The van der Waals surface area contributed by atoms with Gasteiger partial charge in [-0.3, -0.25) is 4.79 Å². The molecule has 2 rings (SSSR count). The zero-order valence-corrected chi connectivity index (χ0v) is 13.6. The van der Waals surface area contributed by atoms with Crippen molar-refractivity contribution in [1.29, 1.82) is 0 Å². The predicted octanol–water partition coefficient (Wildman–Crippen LogP) is 2.92. The van der Waals surface area contributed by atoms with Crippen LogP contribution in [0.15, 0.2) is 5.38 Å². The van der Waals surface area contributed by atoms with E-state index in [-0.39, 0.29) is 24.9 Å². The number of hydrogen-bond acceptors (Lipinski definition) is 4. The molecule has 2 amide bonds. The second-order valence-electron chi connectivity index (χ2n) is 5.56. The van der Waals surface area contributed by atoms with Crippen molar-refractivity contribution in [1.82, 2.24) is 15.2 Å². The second-order valence-corrected chi connectivity index (χ2v) is 6.45. The molecule has 134 valence electrons. The van der Waals surface area contributed by atoms with E-state index in [0.717, 1.165) is 16.7 Å². The van der Waals surface area contributed by atoms with E-state index in [0.29, 0.717) is 37.4 Å². The maximum atomic E-state index is 12.6. The Hall–Kier alpha value is -1.84. The van der Waals surface area contributed by atoms with Crippen LogP contribution in [0.1, 0.15) is 42.3 Å². The molecule has 0 aromatic carbocycles. The van der Waals surface area contributed by atoms with Crippen LogP contribution < -0.4 is 5.32 Å². The van der Waals surface area contributed by atoms with Gasteiger partial charge < -0.3 is 15.3 Å². The number of carbonyl (C=O) groups is 2. The molecule has 0 saturated carbocycles. The van der Waals surface area contributed by atoms with Crippen LogP contribution in [0.4, 0.5) is 18.0 Å². The number of nitrogens with one attached hydrogen (secondary N) is 1. The molecule has 24 heavy (non-hydrogen) atoms. The number of carboxylic acids is 1. The fraction of sp³-hybridized carbons (Fsp3) is 0.643. The molecular weight excluding hydrogens is 347 g/mol. The fourth-order valence-electron chi connectivity index (χ4n) is 2.48. The van der Waals surface area contributed by atoms with Gasteiger partial charge in [-0.2, -0.15) is 13.2 Å². The molecule has 1 fully saturated rings. The van der Waals surface area contributed by atoms with E-state index in [4.69, 9.17) is 5.11 Å². The Balaban J connectivity index is 1.77. The van der Waals surface area contributed by atoms with Crippen LogP contribution in [-0.4, -0.2) is 46.6 Å². The molecule has 1 aliphatic heterocycles. The summed E-state index contributed by atoms with van der Waals surface area (Å²) >= 11 is 1.01. The van der Waals surface area contributed by atoms with Gasteiger partial charge in [0.15, 0.2) is 5.69 Å². The molecule has 1 saturated heterocycles. The van der Waals surface area contributed by atoms with Gasteiger partial charge in [-0.05, 0) is 19.3 Å². The van der Waals surface area contributed by atoms with Crippen molar-refractivity contribution in [3.63, 3.8) is 0 Å². The van der Waals surface area contributed by atoms with Crippen molar-refractivity contribution >= 4 is 23.3 Å². The summed E-state index contributed by atoms with van der Waals surface area (Å²) in [4.78, 5) is 27.6. The van der Waals surface area contributed by atoms with Gasteiger partial charge in [0.1, 0.15) is 0 Å². The Bertz CT molecular complexity index is 583. The van der Waals surface area contributed by atoms with Crippen LogP contribution in [0.5, 0.6) is 0 Å². The minimum Gasteiger partial charge on any atom is -0.481 e. The van der Waals surface area contributed by atoms with Gasteiger partial charge in [-0.25, -0.2) is 9.78 Å². The molecule has 0 radical (unpaired) electrons. The number of urea groups is 1. The molecule has 6 nitrogen and oxygen atoms in total. The van der Waals surface area contributed by atoms with Gasteiger partial charge in [0.05, 0.1) is 5.01 Å². The van der Waals surface area contributed by atoms with Crippen molar-refractivity contribution in [3.05, 3.63) is 16.1 Å². The molecule has 0 atom stereocenters. The van der Waals surface area contributed by atoms with E-state index < -0.39 is 17.8 Å². The summed E-state index contributed by atoms with van der Waals surface area (Å²) < 4.78 is 37.7. The second kappa shape index (κ2) is 7.82. The first kappa shape index (κ1) is 18.5. The number of hydrogen-bond donors (Lipinski definition) is 2. The fourth-order valence-corrected chi connectivity index (χ4v) is 3.48. The molecule has 0 bridgehead atoms. The summed E-state index contributed by atoms with van der Waals surface area (Å²) in [5, 5.41) is 12.7. The Kier molecular flexibility index (Phi) is 6.03. The van der Waals surface area contributed by atoms with E-state index in [1.54, 1.807) is 4.90 Å². The summed E-state index contributed by atoms with van der Waals surface area (Å²) in [5.41, 5.74) is -0.860. The molecule has 1 aromatic heterocycles. The monoisotopic (exact) mass is 365 g/mol.